The maximum Gasteiger partial charge on any atom is 0.0449 e. The molecule has 2 nitrogen and oxygen atoms in total. The van der Waals surface area contributed by atoms with Crippen LogP contribution < -0.4 is 5.32 Å². The summed E-state index contributed by atoms with van der Waals surface area (Å²) in [6.07, 6.45) is 7.21. The number of nitrogens with one attached hydrogen (secondary N) is 1. The van der Waals surface area contributed by atoms with Crippen molar-refractivity contribution in [3.05, 3.63) is 35.4 Å². The number of rotatable bonds is 5. The largest absolute Gasteiger partial charge is 0.309 e. The summed E-state index contributed by atoms with van der Waals surface area (Å²) < 4.78 is 0. The normalized spacial score (nSPS) is 27.5. The van der Waals surface area contributed by atoms with Crippen molar-refractivity contribution in [2.75, 3.05) is 19.6 Å². The lowest BCUT2D eigenvalue weighted by Gasteiger charge is -2.40. The van der Waals surface area contributed by atoms with E-state index in [1.54, 1.807) is 0 Å². The molecule has 1 heterocycles. The number of likely N-dealkylation sites (N-methyl/N-ethyl adjacent to an activating group) is 1. The summed E-state index contributed by atoms with van der Waals surface area (Å²) in [5, 5.41) is 3.70. The van der Waals surface area contributed by atoms with Crippen LogP contribution in [0.1, 0.15) is 56.2 Å². The van der Waals surface area contributed by atoms with Crippen molar-refractivity contribution >= 4 is 0 Å². The quantitative estimate of drug-likeness (QED) is 0.883. The van der Waals surface area contributed by atoms with Crippen LogP contribution in [0.3, 0.4) is 0 Å². The molecule has 1 saturated carbocycles. The first kappa shape index (κ1) is 15.1. The Hall–Kier alpha value is -0.860. The van der Waals surface area contributed by atoms with Crippen molar-refractivity contribution in [3.63, 3.8) is 0 Å². The van der Waals surface area contributed by atoms with Crippen LogP contribution in [0.4, 0.5) is 0 Å². The maximum absolute atomic E-state index is 3.70. The lowest BCUT2D eigenvalue weighted by molar-refractivity contribution is 0.101. The van der Waals surface area contributed by atoms with Gasteiger partial charge in [0.25, 0.3) is 0 Å². The van der Waals surface area contributed by atoms with Gasteiger partial charge in [-0.05, 0) is 57.2 Å². The molecule has 0 amide bonds. The topological polar surface area (TPSA) is 15.3 Å². The highest BCUT2D eigenvalue weighted by molar-refractivity contribution is 5.24. The van der Waals surface area contributed by atoms with E-state index >= 15 is 0 Å². The Morgan fingerprint density at radius 2 is 1.90 bits per heavy atom. The Kier molecular flexibility index (Phi) is 4.97. The number of fused-ring (bicyclic) bond motifs is 1. The van der Waals surface area contributed by atoms with E-state index < -0.39 is 0 Å². The van der Waals surface area contributed by atoms with Crippen LogP contribution in [-0.2, 0) is 0 Å². The molecule has 3 atom stereocenters. The Balaban J connectivity index is 1.70. The van der Waals surface area contributed by atoms with Gasteiger partial charge in [-0.25, -0.2) is 0 Å². The average Bonchev–Trinajstić information content (AvgIpc) is 2.97. The fourth-order valence-corrected chi connectivity index (χ4v) is 4.35. The van der Waals surface area contributed by atoms with Crippen molar-refractivity contribution in [1.82, 2.24) is 10.2 Å². The molecule has 0 radical (unpaired) electrons. The molecule has 1 aromatic rings. The number of piperidine rings is 1. The van der Waals surface area contributed by atoms with Crippen molar-refractivity contribution < 1.29 is 0 Å². The summed E-state index contributed by atoms with van der Waals surface area (Å²) >= 11 is 0. The van der Waals surface area contributed by atoms with E-state index in [4.69, 9.17) is 0 Å². The highest BCUT2D eigenvalue weighted by atomic mass is 15.2. The molecule has 1 aliphatic heterocycles. The third-order valence-electron chi connectivity index (χ3n) is 5.46. The summed E-state index contributed by atoms with van der Waals surface area (Å²) in [6, 6.07) is 10.4. The Morgan fingerprint density at radius 3 is 2.67 bits per heavy atom. The monoisotopic (exact) mass is 286 g/mol. The molecular formula is C19H30N2. The first-order chi connectivity index (χ1) is 10.3. The van der Waals surface area contributed by atoms with Gasteiger partial charge in [0.15, 0.2) is 0 Å². The fraction of sp³-hybridized carbons (Fsp3) is 0.684. The number of likely N-dealkylation sites (tertiary alicyclic amines) is 1. The molecule has 0 bridgehead atoms. The van der Waals surface area contributed by atoms with Crippen LogP contribution in [-0.4, -0.2) is 30.6 Å². The SMILES string of the molecule is CCNC(CN1CCCC2CCCC21)c1ccc(C)cc1. The van der Waals surface area contributed by atoms with E-state index in [1.165, 1.54) is 56.3 Å². The third kappa shape index (κ3) is 3.49. The number of nitrogens with zero attached hydrogens (tertiary/aromatic N) is 1. The molecule has 1 N–H and O–H groups in total. The molecule has 0 aromatic heterocycles. The Labute approximate surface area is 129 Å². The van der Waals surface area contributed by atoms with Crippen LogP contribution in [0.5, 0.6) is 0 Å². The minimum Gasteiger partial charge on any atom is -0.309 e. The zero-order valence-corrected chi connectivity index (χ0v) is 13.6. The maximum atomic E-state index is 3.70. The first-order valence-electron chi connectivity index (χ1n) is 8.82. The lowest BCUT2D eigenvalue weighted by Crippen LogP contribution is -2.46. The molecule has 1 aliphatic carbocycles. The Morgan fingerprint density at radius 1 is 1.14 bits per heavy atom. The van der Waals surface area contributed by atoms with Gasteiger partial charge in [-0.3, -0.25) is 4.90 Å². The minimum atomic E-state index is 0.481. The van der Waals surface area contributed by atoms with E-state index in [1.807, 2.05) is 0 Å². The Bertz CT molecular complexity index is 439. The summed E-state index contributed by atoms with van der Waals surface area (Å²) in [7, 11) is 0. The van der Waals surface area contributed by atoms with Crippen LogP contribution >= 0.6 is 0 Å². The van der Waals surface area contributed by atoms with Crippen molar-refractivity contribution in [3.8, 4) is 0 Å². The van der Waals surface area contributed by atoms with Gasteiger partial charge < -0.3 is 5.32 Å². The van der Waals surface area contributed by atoms with Crippen LogP contribution in [0.25, 0.3) is 0 Å². The van der Waals surface area contributed by atoms with Gasteiger partial charge in [-0.15, -0.1) is 0 Å². The van der Waals surface area contributed by atoms with Gasteiger partial charge in [0.2, 0.25) is 0 Å². The number of hydrogen-bond acceptors (Lipinski definition) is 2. The van der Waals surface area contributed by atoms with E-state index in [0.29, 0.717) is 6.04 Å². The number of aryl methyl sites for hydroxylation is 1. The first-order valence-corrected chi connectivity index (χ1v) is 8.82. The molecule has 3 unspecified atom stereocenters. The minimum absolute atomic E-state index is 0.481. The highest BCUT2D eigenvalue weighted by Crippen LogP contribution is 2.37. The van der Waals surface area contributed by atoms with E-state index in [-0.39, 0.29) is 0 Å². The van der Waals surface area contributed by atoms with Crippen LogP contribution in [0, 0.1) is 12.8 Å². The summed E-state index contributed by atoms with van der Waals surface area (Å²) in [4.78, 5) is 2.79. The second kappa shape index (κ2) is 6.93. The van der Waals surface area contributed by atoms with Gasteiger partial charge in [-0.1, -0.05) is 43.2 Å². The fourth-order valence-electron chi connectivity index (χ4n) is 4.35. The molecular weight excluding hydrogens is 256 g/mol. The molecule has 1 saturated heterocycles. The number of hydrogen-bond donors (Lipinski definition) is 1. The highest BCUT2D eigenvalue weighted by Gasteiger charge is 2.35. The second-order valence-corrected chi connectivity index (χ2v) is 6.92. The lowest BCUT2D eigenvalue weighted by atomic mass is 9.91. The van der Waals surface area contributed by atoms with Crippen molar-refractivity contribution in [2.24, 2.45) is 5.92 Å². The molecule has 0 spiro atoms. The van der Waals surface area contributed by atoms with Gasteiger partial charge in [0, 0.05) is 18.6 Å². The third-order valence-corrected chi connectivity index (χ3v) is 5.46. The molecule has 3 rings (SSSR count). The summed E-state index contributed by atoms with van der Waals surface area (Å²) in [6.45, 7) is 7.91. The standard InChI is InChI=1S/C19H30N2/c1-3-20-18(16-11-9-15(2)10-12-16)14-21-13-5-7-17-6-4-8-19(17)21/h9-12,17-20H,3-8,13-14H2,1-2H3. The molecule has 21 heavy (non-hydrogen) atoms. The van der Waals surface area contributed by atoms with Crippen molar-refractivity contribution in [2.45, 2.75) is 58.0 Å². The molecule has 116 valence electrons. The van der Waals surface area contributed by atoms with Crippen molar-refractivity contribution in [1.29, 1.82) is 0 Å². The molecule has 2 fully saturated rings. The van der Waals surface area contributed by atoms with Gasteiger partial charge >= 0.3 is 0 Å². The van der Waals surface area contributed by atoms with Gasteiger partial charge in [0.1, 0.15) is 0 Å². The smallest absolute Gasteiger partial charge is 0.0449 e. The summed E-state index contributed by atoms with van der Waals surface area (Å²) in [5.74, 6) is 0.985. The predicted molar refractivity (Wildman–Crippen MR) is 89.5 cm³/mol. The van der Waals surface area contributed by atoms with E-state index in [2.05, 4.69) is 48.3 Å². The van der Waals surface area contributed by atoms with Gasteiger partial charge in [-0.2, -0.15) is 0 Å². The second-order valence-electron chi connectivity index (χ2n) is 6.92. The average molecular weight is 286 g/mol. The summed E-state index contributed by atoms with van der Waals surface area (Å²) in [5.41, 5.74) is 2.80. The van der Waals surface area contributed by atoms with Crippen LogP contribution in [0.2, 0.25) is 0 Å². The van der Waals surface area contributed by atoms with E-state index in [9.17, 15) is 0 Å². The zero-order chi connectivity index (χ0) is 14.7. The predicted octanol–water partition coefficient (Wildman–Crippen LogP) is 3.91. The molecule has 2 heteroatoms. The van der Waals surface area contributed by atoms with Crippen LogP contribution in [0.15, 0.2) is 24.3 Å². The molecule has 1 aromatic carbocycles. The van der Waals surface area contributed by atoms with E-state index in [0.717, 1.165) is 18.5 Å². The number of benzene rings is 1. The molecule has 2 aliphatic rings. The zero-order valence-electron chi connectivity index (χ0n) is 13.6. The van der Waals surface area contributed by atoms with Gasteiger partial charge in [0.05, 0.1) is 0 Å².